The lowest BCUT2D eigenvalue weighted by molar-refractivity contribution is -0.115. The first-order valence-corrected chi connectivity index (χ1v) is 7.03. The number of carbonyl (C=O) groups excluding carboxylic acids is 1. The molecule has 0 saturated carbocycles. The molecule has 0 spiro atoms. The molecule has 0 aliphatic carbocycles. The molecular formula is C17H17FN2O. The zero-order valence-electron chi connectivity index (χ0n) is 11.8. The molecule has 0 unspecified atom stereocenters. The van der Waals surface area contributed by atoms with E-state index < -0.39 is 0 Å². The van der Waals surface area contributed by atoms with Gasteiger partial charge in [0.25, 0.3) is 0 Å². The highest BCUT2D eigenvalue weighted by Gasteiger charge is 2.26. The average molecular weight is 284 g/mol. The van der Waals surface area contributed by atoms with Crippen molar-refractivity contribution in [3.8, 4) is 0 Å². The SMILES string of the molecule is C[C@H]1Cc2ccccc2N1CC(=O)Nc1cccc(F)c1. The van der Waals surface area contributed by atoms with E-state index in [-0.39, 0.29) is 18.3 Å². The summed E-state index contributed by atoms with van der Waals surface area (Å²) in [5, 5.41) is 2.74. The summed E-state index contributed by atoms with van der Waals surface area (Å²) in [7, 11) is 0. The Kier molecular flexibility index (Phi) is 3.60. The average Bonchev–Trinajstić information content (AvgIpc) is 2.75. The van der Waals surface area contributed by atoms with Crippen LogP contribution in [0.3, 0.4) is 0 Å². The summed E-state index contributed by atoms with van der Waals surface area (Å²) >= 11 is 0. The number of carbonyl (C=O) groups is 1. The summed E-state index contributed by atoms with van der Waals surface area (Å²) in [6, 6.07) is 14.4. The van der Waals surface area contributed by atoms with Crippen molar-refractivity contribution >= 4 is 17.3 Å². The van der Waals surface area contributed by atoms with Crippen molar-refractivity contribution < 1.29 is 9.18 Å². The third kappa shape index (κ3) is 2.89. The van der Waals surface area contributed by atoms with Gasteiger partial charge in [-0.15, -0.1) is 0 Å². The summed E-state index contributed by atoms with van der Waals surface area (Å²) in [6.07, 6.45) is 0.948. The number of hydrogen-bond donors (Lipinski definition) is 1. The maximum Gasteiger partial charge on any atom is 0.243 e. The molecule has 1 atom stereocenters. The monoisotopic (exact) mass is 284 g/mol. The van der Waals surface area contributed by atoms with Crippen LogP contribution in [0, 0.1) is 5.82 Å². The third-order valence-corrected chi connectivity index (χ3v) is 3.77. The maximum absolute atomic E-state index is 13.1. The molecule has 1 aliphatic rings. The number of fused-ring (bicyclic) bond motifs is 1. The van der Waals surface area contributed by atoms with Gasteiger partial charge in [0.2, 0.25) is 5.91 Å². The van der Waals surface area contributed by atoms with Gasteiger partial charge >= 0.3 is 0 Å². The minimum absolute atomic E-state index is 0.135. The zero-order chi connectivity index (χ0) is 14.8. The summed E-state index contributed by atoms with van der Waals surface area (Å²) in [6.45, 7) is 2.38. The van der Waals surface area contributed by atoms with Crippen LogP contribution in [0.2, 0.25) is 0 Å². The number of rotatable bonds is 3. The Morgan fingerprint density at radius 3 is 2.90 bits per heavy atom. The third-order valence-electron chi connectivity index (χ3n) is 3.77. The maximum atomic E-state index is 13.1. The lowest BCUT2D eigenvalue weighted by atomic mass is 10.1. The summed E-state index contributed by atoms with van der Waals surface area (Å²) in [5.74, 6) is -0.489. The predicted octanol–water partition coefficient (Wildman–Crippen LogP) is 3.22. The van der Waals surface area contributed by atoms with Crippen LogP contribution in [-0.2, 0) is 11.2 Å². The number of nitrogens with zero attached hydrogens (tertiary/aromatic N) is 1. The molecule has 1 aliphatic heterocycles. The van der Waals surface area contributed by atoms with Crippen molar-refractivity contribution in [3.63, 3.8) is 0 Å². The lowest BCUT2D eigenvalue weighted by Crippen LogP contribution is -2.37. The standard InChI is InChI=1S/C17H17FN2O/c1-12-9-13-5-2-3-8-16(13)20(12)11-17(21)19-15-7-4-6-14(18)10-15/h2-8,10,12H,9,11H2,1H3,(H,19,21)/t12-/m0/s1. The van der Waals surface area contributed by atoms with Gasteiger partial charge in [-0.2, -0.15) is 0 Å². The van der Waals surface area contributed by atoms with Gasteiger partial charge in [-0.25, -0.2) is 4.39 Å². The molecule has 0 fully saturated rings. The molecule has 4 heteroatoms. The Balaban J connectivity index is 1.70. The molecule has 3 rings (SSSR count). The van der Waals surface area contributed by atoms with E-state index >= 15 is 0 Å². The Labute approximate surface area is 123 Å². The van der Waals surface area contributed by atoms with E-state index in [9.17, 15) is 9.18 Å². The largest absolute Gasteiger partial charge is 0.359 e. The number of nitrogens with one attached hydrogen (secondary N) is 1. The first kappa shape index (κ1) is 13.6. The Hall–Kier alpha value is -2.36. The minimum atomic E-state index is -0.354. The fourth-order valence-corrected chi connectivity index (χ4v) is 2.79. The number of benzene rings is 2. The summed E-state index contributed by atoms with van der Waals surface area (Å²) in [4.78, 5) is 14.2. The highest BCUT2D eigenvalue weighted by Crippen LogP contribution is 2.31. The van der Waals surface area contributed by atoms with E-state index in [1.165, 1.54) is 17.7 Å². The molecule has 0 aromatic heterocycles. The van der Waals surface area contributed by atoms with E-state index in [0.29, 0.717) is 11.7 Å². The highest BCUT2D eigenvalue weighted by molar-refractivity contribution is 5.94. The van der Waals surface area contributed by atoms with Crippen molar-refractivity contribution in [2.24, 2.45) is 0 Å². The molecule has 0 radical (unpaired) electrons. The molecule has 3 nitrogen and oxygen atoms in total. The summed E-state index contributed by atoms with van der Waals surface area (Å²) in [5.41, 5.74) is 2.86. The molecule has 2 aromatic carbocycles. The summed E-state index contributed by atoms with van der Waals surface area (Å²) < 4.78 is 13.1. The first-order valence-electron chi connectivity index (χ1n) is 7.03. The molecule has 21 heavy (non-hydrogen) atoms. The number of halogens is 1. The topological polar surface area (TPSA) is 32.3 Å². The molecule has 0 bridgehead atoms. The van der Waals surface area contributed by atoms with E-state index in [0.717, 1.165) is 12.1 Å². The van der Waals surface area contributed by atoms with Gasteiger partial charge in [0, 0.05) is 17.4 Å². The van der Waals surface area contributed by atoms with E-state index in [1.807, 2.05) is 18.2 Å². The van der Waals surface area contributed by atoms with Crippen molar-refractivity contribution in [2.45, 2.75) is 19.4 Å². The molecule has 0 saturated heterocycles. The fraction of sp³-hybridized carbons (Fsp3) is 0.235. The lowest BCUT2D eigenvalue weighted by Gasteiger charge is -2.24. The number of anilines is 2. The second-order valence-electron chi connectivity index (χ2n) is 5.37. The highest BCUT2D eigenvalue weighted by atomic mass is 19.1. The van der Waals surface area contributed by atoms with Crippen molar-refractivity contribution in [2.75, 3.05) is 16.8 Å². The van der Waals surface area contributed by atoms with Gasteiger partial charge in [0.05, 0.1) is 6.54 Å². The van der Waals surface area contributed by atoms with Gasteiger partial charge in [0.1, 0.15) is 5.82 Å². The van der Waals surface area contributed by atoms with Gasteiger partial charge in [-0.1, -0.05) is 24.3 Å². The van der Waals surface area contributed by atoms with Crippen LogP contribution in [0.1, 0.15) is 12.5 Å². The van der Waals surface area contributed by atoms with Gasteiger partial charge in [-0.3, -0.25) is 4.79 Å². The van der Waals surface area contributed by atoms with Gasteiger partial charge in [0.15, 0.2) is 0 Å². The van der Waals surface area contributed by atoms with Gasteiger partial charge < -0.3 is 10.2 Å². The molecule has 1 N–H and O–H groups in total. The van der Waals surface area contributed by atoms with Crippen LogP contribution in [-0.4, -0.2) is 18.5 Å². The molecule has 1 heterocycles. The van der Waals surface area contributed by atoms with Crippen LogP contribution >= 0.6 is 0 Å². The van der Waals surface area contributed by atoms with Crippen LogP contribution in [0.15, 0.2) is 48.5 Å². The zero-order valence-corrected chi connectivity index (χ0v) is 11.8. The van der Waals surface area contributed by atoms with E-state index in [2.05, 4.69) is 23.2 Å². The fourth-order valence-electron chi connectivity index (χ4n) is 2.79. The van der Waals surface area contributed by atoms with Crippen LogP contribution in [0.4, 0.5) is 15.8 Å². The van der Waals surface area contributed by atoms with Crippen LogP contribution in [0.25, 0.3) is 0 Å². The number of amides is 1. The second kappa shape index (κ2) is 5.56. The first-order chi connectivity index (χ1) is 10.1. The van der Waals surface area contributed by atoms with Crippen LogP contribution in [0.5, 0.6) is 0 Å². The normalized spacial score (nSPS) is 16.7. The Bertz CT molecular complexity index is 671. The van der Waals surface area contributed by atoms with E-state index in [1.54, 1.807) is 12.1 Å². The van der Waals surface area contributed by atoms with Gasteiger partial charge in [-0.05, 0) is 43.2 Å². The molecule has 1 amide bonds. The Morgan fingerprint density at radius 2 is 2.10 bits per heavy atom. The van der Waals surface area contributed by atoms with Crippen LogP contribution < -0.4 is 10.2 Å². The predicted molar refractivity (Wildman–Crippen MR) is 82.0 cm³/mol. The number of para-hydroxylation sites is 1. The quantitative estimate of drug-likeness (QED) is 0.938. The second-order valence-corrected chi connectivity index (χ2v) is 5.37. The van der Waals surface area contributed by atoms with Crippen molar-refractivity contribution in [1.82, 2.24) is 0 Å². The smallest absolute Gasteiger partial charge is 0.243 e. The van der Waals surface area contributed by atoms with Crippen molar-refractivity contribution in [1.29, 1.82) is 0 Å². The van der Waals surface area contributed by atoms with Crippen molar-refractivity contribution in [3.05, 3.63) is 59.9 Å². The van der Waals surface area contributed by atoms with E-state index in [4.69, 9.17) is 0 Å². The Morgan fingerprint density at radius 1 is 1.29 bits per heavy atom. The molecule has 2 aromatic rings. The molecular weight excluding hydrogens is 267 g/mol. The molecule has 108 valence electrons. The number of hydrogen-bond acceptors (Lipinski definition) is 2. The minimum Gasteiger partial charge on any atom is -0.359 e.